The standard InChI is InChI=1S/C19H21N3O2/c23-17(13-14-7-3-1-4-8-14)21-22-18(15-9-5-2-6-10-15)19(24)20-16-11-12-16/h1-10,16,18,22H,11-13H2,(H,20,24)(H,21,23)/t18-/m1/s1. The van der Waals surface area contributed by atoms with E-state index < -0.39 is 6.04 Å². The summed E-state index contributed by atoms with van der Waals surface area (Å²) in [5.74, 6) is -0.301. The van der Waals surface area contributed by atoms with Crippen LogP contribution in [0.4, 0.5) is 0 Å². The molecule has 2 amide bonds. The van der Waals surface area contributed by atoms with Crippen LogP contribution in [0.3, 0.4) is 0 Å². The molecular formula is C19H21N3O2. The van der Waals surface area contributed by atoms with Crippen molar-refractivity contribution in [3.8, 4) is 0 Å². The summed E-state index contributed by atoms with van der Waals surface area (Å²) in [6.07, 6.45) is 2.31. The van der Waals surface area contributed by atoms with Gasteiger partial charge in [0.25, 0.3) is 0 Å². The predicted octanol–water partition coefficient (Wildman–Crippen LogP) is 1.87. The summed E-state index contributed by atoms with van der Waals surface area (Å²) >= 11 is 0. The SMILES string of the molecule is O=C(Cc1ccccc1)NN[C@@H](C(=O)NC1CC1)c1ccccc1. The molecule has 124 valence electrons. The number of amides is 2. The highest BCUT2D eigenvalue weighted by Gasteiger charge is 2.28. The van der Waals surface area contributed by atoms with Crippen molar-refractivity contribution in [2.45, 2.75) is 31.3 Å². The largest absolute Gasteiger partial charge is 0.352 e. The third kappa shape index (κ3) is 4.67. The second-order valence-electron chi connectivity index (χ2n) is 5.98. The van der Waals surface area contributed by atoms with E-state index in [4.69, 9.17) is 0 Å². The van der Waals surface area contributed by atoms with E-state index in [-0.39, 0.29) is 24.3 Å². The molecule has 0 aliphatic heterocycles. The maximum Gasteiger partial charge on any atom is 0.243 e. The summed E-state index contributed by atoms with van der Waals surface area (Å²) < 4.78 is 0. The number of carbonyl (C=O) groups is 2. The third-order valence-electron chi connectivity index (χ3n) is 3.88. The smallest absolute Gasteiger partial charge is 0.243 e. The first-order valence-electron chi connectivity index (χ1n) is 8.16. The Labute approximate surface area is 141 Å². The van der Waals surface area contributed by atoms with Crippen molar-refractivity contribution in [2.24, 2.45) is 0 Å². The number of benzene rings is 2. The van der Waals surface area contributed by atoms with Crippen molar-refractivity contribution in [3.05, 3.63) is 71.8 Å². The highest BCUT2D eigenvalue weighted by atomic mass is 16.2. The van der Waals surface area contributed by atoms with Gasteiger partial charge in [-0.15, -0.1) is 0 Å². The van der Waals surface area contributed by atoms with Gasteiger partial charge in [-0.05, 0) is 24.0 Å². The summed E-state index contributed by atoms with van der Waals surface area (Å²) in [5.41, 5.74) is 7.27. The monoisotopic (exact) mass is 323 g/mol. The van der Waals surface area contributed by atoms with Crippen molar-refractivity contribution in [1.29, 1.82) is 0 Å². The number of rotatable bonds is 7. The minimum atomic E-state index is -0.605. The molecule has 0 unspecified atom stereocenters. The van der Waals surface area contributed by atoms with Crippen LogP contribution in [0.1, 0.15) is 30.0 Å². The molecule has 24 heavy (non-hydrogen) atoms. The molecule has 3 N–H and O–H groups in total. The first-order valence-corrected chi connectivity index (χ1v) is 8.16. The van der Waals surface area contributed by atoms with Gasteiger partial charge in [-0.2, -0.15) is 0 Å². The Morgan fingerprint density at radius 1 is 0.958 bits per heavy atom. The molecule has 1 fully saturated rings. The van der Waals surface area contributed by atoms with Crippen LogP contribution in [-0.2, 0) is 16.0 Å². The van der Waals surface area contributed by atoms with E-state index in [0.29, 0.717) is 0 Å². The average molecular weight is 323 g/mol. The molecule has 0 heterocycles. The lowest BCUT2D eigenvalue weighted by molar-refractivity contribution is -0.125. The molecular weight excluding hydrogens is 302 g/mol. The van der Waals surface area contributed by atoms with Gasteiger partial charge in [-0.25, -0.2) is 5.43 Å². The number of carbonyl (C=O) groups excluding carboxylic acids is 2. The van der Waals surface area contributed by atoms with E-state index in [0.717, 1.165) is 24.0 Å². The zero-order valence-corrected chi connectivity index (χ0v) is 13.4. The maximum absolute atomic E-state index is 12.4. The van der Waals surface area contributed by atoms with Crippen LogP contribution in [0, 0.1) is 0 Å². The predicted molar refractivity (Wildman–Crippen MR) is 91.8 cm³/mol. The highest BCUT2D eigenvalue weighted by Crippen LogP contribution is 2.21. The van der Waals surface area contributed by atoms with Gasteiger partial charge in [0.15, 0.2) is 0 Å². The summed E-state index contributed by atoms with van der Waals surface area (Å²) in [6.45, 7) is 0. The van der Waals surface area contributed by atoms with E-state index in [1.54, 1.807) is 0 Å². The summed E-state index contributed by atoms with van der Waals surface area (Å²) in [7, 11) is 0. The number of hydrogen-bond donors (Lipinski definition) is 3. The fraction of sp³-hybridized carbons (Fsp3) is 0.263. The Kier molecular flexibility index (Phi) is 5.23. The molecule has 0 saturated heterocycles. The second-order valence-corrected chi connectivity index (χ2v) is 5.98. The second kappa shape index (κ2) is 7.75. The molecule has 5 nitrogen and oxygen atoms in total. The van der Waals surface area contributed by atoms with E-state index in [1.807, 2.05) is 60.7 Å². The zero-order chi connectivity index (χ0) is 16.8. The molecule has 2 aromatic rings. The summed E-state index contributed by atoms with van der Waals surface area (Å²) in [4.78, 5) is 24.5. The van der Waals surface area contributed by atoms with Crippen molar-refractivity contribution in [3.63, 3.8) is 0 Å². The van der Waals surface area contributed by atoms with Gasteiger partial charge >= 0.3 is 0 Å². The van der Waals surface area contributed by atoms with Crippen LogP contribution in [0.15, 0.2) is 60.7 Å². The highest BCUT2D eigenvalue weighted by molar-refractivity contribution is 5.84. The Morgan fingerprint density at radius 2 is 1.58 bits per heavy atom. The molecule has 2 aromatic carbocycles. The molecule has 0 bridgehead atoms. The molecule has 1 aliphatic rings. The van der Waals surface area contributed by atoms with E-state index in [9.17, 15) is 9.59 Å². The van der Waals surface area contributed by atoms with Gasteiger partial charge in [-0.3, -0.25) is 15.0 Å². The summed E-state index contributed by atoms with van der Waals surface area (Å²) in [5, 5.41) is 2.97. The van der Waals surface area contributed by atoms with Crippen molar-refractivity contribution in [1.82, 2.24) is 16.2 Å². The van der Waals surface area contributed by atoms with E-state index >= 15 is 0 Å². The fourth-order valence-corrected chi connectivity index (χ4v) is 2.44. The molecule has 3 rings (SSSR count). The Hall–Kier alpha value is -2.66. The molecule has 0 spiro atoms. The molecule has 0 aromatic heterocycles. The lowest BCUT2D eigenvalue weighted by Gasteiger charge is -2.19. The Morgan fingerprint density at radius 3 is 2.21 bits per heavy atom. The van der Waals surface area contributed by atoms with E-state index in [2.05, 4.69) is 16.2 Å². The van der Waals surface area contributed by atoms with Crippen molar-refractivity contribution < 1.29 is 9.59 Å². The molecule has 1 atom stereocenters. The third-order valence-corrected chi connectivity index (χ3v) is 3.88. The molecule has 1 aliphatic carbocycles. The van der Waals surface area contributed by atoms with Crippen LogP contribution in [0.5, 0.6) is 0 Å². The van der Waals surface area contributed by atoms with Crippen LogP contribution in [0.2, 0.25) is 0 Å². The first kappa shape index (κ1) is 16.2. The summed E-state index contributed by atoms with van der Waals surface area (Å²) in [6, 6.07) is 18.5. The Balaban J connectivity index is 1.61. The quantitative estimate of drug-likeness (QED) is 0.681. The topological polar surface area (TPSA) is 70.2 Å². The van der Waals surface area contributed by atoms with Crippen molar-refractivity contribution >= 4 is 11.8 Å². The van der Waals surface area contributed by atoms with Gasteiger partial charge in [0.05, 0.1) is 6.42 Å². The zero-order valence-electron chi connectivity index (χ0n) is 13.4. The minimum absolute atomic E-state index is 0.122. The van der Waals surface area contributed by atoms with Gasteiger partial charge in [0, 0.05) is 6.04 Å². The lowest BCUT2D eigenvalue weighted by atomic mass is 10.1. The lowest BCUT2D eigenvalue weighted by Crippen LogP contribution is -2.47. The van der Waals surface area contributed by atoms with Crippen LogP contribution in [-0.4, -0.2) is 17.9 Å². The van der Waals surface area contributed by atoms with Gasteiger partial charge < -0.3 is 5.32 Å². The Bertz CT molecular complexity index is 684. The van der Waals surface area contributed by atoms with Gasteiger partial charge in [-0.1, -0.05) is 60.7 Å². The number of hydrazine groups is 1. The van der Waals surface area contributed by atoms with E-state index in [1.165, 1.54) is 0 Å². The van der Waals surface area contributed by atoms with Gasteiger partial charge in [0.1, 0.15) is 6.04 Å². The average Bonchev–Trinajstić information content (AvgIpc) is 3.41. The van der Waals surface area contributed by atoms with Crippen molar-refractivity contribution in [2.75, 3.05) is 0 Å². The fourth-order valence-electron chi connectivity index (χ4n) is 2.44. The van der Waals surface area contributed by atoms with Crippen LogP contribution in [0.25, 0.3) is 0 Å². The normalized spacial score (nSPS) is 14.7. The number of nitrogens with one attached hydrogen (secondary N) is 3. The van der Waals surface area contributed by atoms with Gasteiger partial charge in [0.2, 0.25) is 11.8 Å². The minimum Gasteiger partial charge on any atom is -0.352 e. The maximum atomic E-state index is 12.4. The first-order chi connectivity index (χ1) is 11.7. The molecule has 0 radical (unpaired) electrons. The number of hydrogen-bond acceptors (Lipinski definition) is 3. The van der Waals surface area contributed by atoms with Crippen LogP contribution >= 0.6 is 0 Å². The van der Waals surface area contributed by atoms with Crippen LogP contribution < -0.4 is 16.2 Å². The molecule has 1 saturated carbocycles. The molecule has 5 heteroatoms.